The molecule has 1 aromatic carbocycles. The second kappa shape index (κ2) is 9.78. The maximum Gasteiger partial charge on any atom is 0.416 e. The quantitative estimate of drug-likeness (QED) is 0.320. The Morgan fingerprint density at radius 2 is 1.74 bits per heavy atom. The zero-order valence-corrected chi connectivity index (χ0v) is 17.3. The van der Waals surface area contributed by atoms with Gasteiger partial charge in [-0.3, -0.25) is 13.8 Å². The van der Waals surface area contributed by atoms with Gasteiger partial charge in [0.05, 0.1) is 18.8 Å². The number of benzene rings is 1. The minimum atomic E-state index is -4.64. The van der Waals surface area contributed by atoms with Crippen LogP contribution in [-0.2, 0) is 19.8 Å². The van der Waals surface area contributed by atoms with Gasteiger partial charge in [0, 0.05) is 5.56 Å². The van der Waals surface area contributed by atoms with Gasteiger partial charge in [-0.1, -0.05) is 40.9 Å². The first-order valence-corrected chi connectivity index (χ1v) is 10.2. The van der Waals surface area contributed by atoms with Gasteiger partial charge in [-0.2, -0.15) is 18.3 Å². The third kappa shape index (κ3) is 7.77. The van der Waals surface area contributed by atoms with Gasteiger partial charge in [-0.05, 0) is 32.0 Å². The Morgan fingerprint density at radius 1 is 1.19 bits per heavy atom. The Labute approximate surface area is 169 Å². The summed E-state index contributed by atoms with van der Waals surface area (Å²) in [6.07, 6.45) is -6.23. The number of amides is 1. The van der Waals surface area contributed by atoms with Crippen LogP contribution in [0.25, 0.3) is 0 Å². The molecule has 1 amide bonds. The van der Waals surface area contributed by atoms with E-state index in [9.17, 15) is 22.5 Å². The molecule has 1 unspecified atom stereocenters. The molecule has 2 N–H and O–H groups in total. The van der Waals surface area contributed by atoms with Crippen molar-refractivity contribution in [1.29, 1.82) is 0 Å². The van der Waals surface area contributed by atoms with E-state index in [2.05, 4.69) is 10.4 Å². The van der Waals surface area contributed by atoms with Crippen LogP contribution in [0.1, 0.15) is 29.8 Å². The van der Waals surface area contributed by atoms with Gasteiger partial charge in [0.1, 0.15) is 6.17 Å². The molecule has 27 heavy (non-hydrogen) atoms. The van der Waals surface area contributed by atoms with E-state index < -0.39 is 35.4 Å². The Morgan fingerprint density at radius 3 is 2.19 bits per heavy atom. The third-order valence-corrected chi connectivity index (χ3v) is 5.37. The molecule has 0 aliphatic rings. The highest BCUT2D eigenvalue weighted by Gasteiger charge is 2.40. The number of hydrogen-bond donors (Lipinski definition) is 2. The maximum atomic E-state index is 12.8. The number of carbonyl (C=O) groups excluding carboxylic acids is 1. The Hall–Kier alpha value is -0.540. The third-order valence-electron chi connectivity index (χ3n) is 2.94. The summed E-state index contributed by atoms with van der Waals surface area (Å²) in [4.78, 5) is 12.3. The summed E-state index contributed by atoms with van der Waals surface area (Å²) in [5, 5.41) is 4.46. The standard InChI is InChI=1S/C14H17Cl3F3N2O4P/c1-3-25-27(24,26-4-2)22-12(13(15,16)17)21-11(23)9-6-5-7-10(8-9)14(18,19)20/h5-8,12H,3-4H2,1-2H3,(H,21,23)(H,22,24). The molecule has 0 saturated heterocycles. The molecule has 0 radical (unpaired) electrons. The molecule has 1 atom stereocenters. The predicted molar refractivity (Wildman–Crippen MR) is 97.0 cm³/mol. The minimum Gasteiger partial charge on any atom is -0.332 e. The molecule has 154 valence electrons. The number of hydrogen-bond acceptors (Lipinski definition) is 4. The van der Waals surface area contributed by atoms with Gasteiger partial charge in [0.25, 0.3) is 5.91 Å². The van der Waals surface area contributed by atoms with Crippen LogP contribution >= 0.6 is 42.5 Å². The van der Waals surface area contributed by atoms with Crippen molar-refractivity contribution in [3.63, 3.8) is 0 Å². The highest BCUT2D eigenvalue weighted by molar-refractivity contribution is 7.51. The summed E-state index contributed by atoms with van der Waals surface area (Å²) in [5.74, 6) is -0.996. The maximum absolute atomic E-state index is 12.8. The molecule has 6 nitrogen and oxygen atoms in total. The van der Waals surface area contributed by atoms with Crippen LogP contribution in [-0.4, -0.2) is 29.1 Å². The molecular formula is C14H17Cl3F3N2O4P. The average molecular weight is 472 g/mol. The Kier molecular flexibility index (Phi) is 8.88. The van der Waals surface area contributed by atoms with E-state index in [1.165, 1.54) is 0 Å². The van der Waals surface area contributed by atoms with E-state index in [0.29, 0.717) is 6.07 Å². The first kappa shape index (κ1) is 24.5. The van der Waals surface area contributed by atoms with E-state index >= 15 is 0 Å². The average Bonchev–Trinajstić information content (AvgIpc) is 2.53. The zero-order chi connectivity index (χ0) is 20.9. The molecule has 0 fully saturated rings. The van der Waals surface area contributed by atoms with Crippen molar-refractivity contribution in [3.05, 3.63) is 35.4 Å². The summed E-state index contributed by atoms with van der Waals surface area (Å²) in [5.41, 5.74) is -1.36. The van der Waals surface area contributed by atoms with Crippen LogP contribution in [0, 0.1) is 0 Å². The number of alkyl halides is 6. The van der Waals surface area contributed by atoms with E-state index in [0.717, 1.165) is 18.2 Å². The van der Waals surface area contributed by atoms with Crippen molar-refractivity contribution in [3.8, 4) is 0 Å². The summed E-state index contributed by atoms with van der Waals surface area (Å²) in [6, 6.07) is 3.64. The largest absolute Gasteiger partial charge is 0.416 e. The lowest BCUT2D eigenvalue weighted by molar-refractivity contribution is -0.137. The molecule has 0 aromatic heterocycles. The van der Waals surface area contributed by atoms with E-state index in [4.69, 9.17) is 43.9 Å². The van der Waals surface area contributed by atoms with Crippen LogP contribution in [0.15, 0.2) is 24.3 Å². The first-order chi connectivity index (χ1) is 12.3. The number of rotatable bonds is 8. The molecule has 0 spiro atoms. The fraction of sp³-hybridized carbons (Fsp3) is 0.500. The van der Waals surface area contributed by atoms with E-state index in [1.807, 2.05) is 0 Å². The van der Waals surface area contributed by atoms with Gasteiger partial charge in [0.2, 0.25) is 3.79 Å². The second-order valence-electron chi connectivity index (χ2n) is 4.99. The van der Waals surface area contributed by atoms with Crippen molar-refractivity contribution in [1.82, 2.24) is 10.4 Å². The van der Waals surface area contributed by atoms with Crippen molar-refractivity contribution < 1.29 is 31.6 Å². The highest BCUT2D eigenvalue weighted by Crippen LogP contribution is 2.46. The van der Waals surface area contributed by atoms with Crippen molar-refractivity contribution in [2.75, 3.05) is 13.2 Å². The van der Waals surface area contributed by atoms with Crippen molar-refractivity contribution in [2.24, 2.45) is 0 Å². The lowest BCUT2D eigenvalue weighted by Crippen LogP contribution is -2.52. The number of nitrogens with one attached hydrogen (secondary N) is 2. The van der Waals surface area contributed by atoms with Crippen LogP contribution in [0.5, 0.6) is 0 Å². The molecule has 13 heteroatoms. The van der Waals surface area contributed by atoms with Crippen molar-refractivity contribution >= 4 is 48.5 Å². The van der Waals surface area contributed by atoms with E-state index in [-0.39, 0.29) is 18.8 Å². The molecular weight excluding hydrogens is 454 g/mol. The molecule has 0 saturated carbocycles. The van der Waals surface area contributed by atoms with Crippen LogP contribution in [0.2, 0.25) is 0 Å². The van der Waals surface area contributed by atoms with Crippen LogP contribution in [0.4, 0.5) is 13.2 Å². The van der Waals surface area contributed by atoms with Gasteiger partial charge >= 0.3 is 13.9 Å². The Balaban J connectivity index is 3.07. The summed E-state index contributed by atoms with van der Waals surface area (Å²) in [7, 11) is -3.95. The molecule has 1 rings (SSSR count). The zero-order valence-electron chi connectivity index (χ0n) is 14.1. The second-order valence-corrected chi connectivity index (χ2v) is 9.13. The normalized spacial score (nSPS) is 14.1. The predicted octanol–water partition coefficient (Wildman–Crippen LogP) is 4.90. The Bertz CT molecular complexity index is 691. The summed E-state index contributed by atoms with van der Waals surface area (Å²) >= 11 is 17.3. The lowest BCUT2D eigenvalue weighted by Gasteiger charge is -2.29. The minimum absolute atomic E-state index is 0.0154. The molecule has 0 bridgehead atoms. The van der Waals surface area contributed by atoms with Gasteiger partial charge < -0.3 is 5.32 Å². The molecule has 0 heterocycles. The van der Waals surface area contributed by atoms with Crippen LogP contribution in [0.3, 0.4) is 0 Å². The van der Waals surface area contributed by atoms with Gasteiger partial charge in [-0.25, -0.2) is 4.57 Å². The highest BCUT2D eigenvalue weighted by atomic mass is 35.6. The van der Waals surface area contributed by atoms with Gasteiger partial charge in [0.15, 0.2) is 0 Å². The molecule has 0 aliphatic heterocycles. The first-order valence-electron chi connectivity index (χ1n) is 7.54. The molecule has 1 aromatic rings. The number of carbonyl (C=O) groups is 1. The van der Waals surface area contributed by atoms with Crippen molar-refractivity contribution in [2.45, 2.75) is 30.0 Å². The van der Waals surface area contributed by atoms with Crippen LogP contribution < -0.4 is 10.4 Å². The monoisotopic (exact) mass is 470 g/mol. The summed E-state index contributed by atoms with van der Waals surface area (Å²) < 4.78 is 58.7. The smallest absolute Gasteiger partial charge is 0.332 e. The number of halogens is 6. The van der Waals surface area contributed by atoms with E-state index in [1.54, 1.807) is 13.8 Å². The fourth-order valence-corrected chi connectivity index (χ4v) is 3.88. The summed E-state index contributed by atoms with van der Waals surface area (Å²) in [6.45, 7) is 3.05. The SMILES string of the molecule is CCOP(=O)(NC(NC(=O)c1cccc(C(F)(F)F)c1)C(Cl)(Cl)Cl)OCC. The lowest BCUT2D eigenvalue weighted by atomic mass is 10.1. The topological polar surface area (TPSA) is 76.7 Å². The molecule has 0 aliphatic carbocycles. The van der Waals surface area contributed by atoms with Gasteiger partial charge in [-0.15, -0.1) is 0 Å². The fourth-order valence-electron chi connectivity index (χ4n) is 1.85.